The van der Waals surface area contributed by atoms with E-state index >= 15 is 0 Å². The van der Waals surface area contributed by atoms with E-state index in [0.29, 0.717) is 30.4 Å². The monoisotopic (exact) mass is 311 g/mol. The van der Waals surface area contributed by atoms with Crippen LogP contribution in [0.25, 0.3) is 0 Å². The zero-order valence-corrected chi connectivity index (χ0v) is 13.5. The Bertz CT molecular complexity index is 608. The van der Waals surface area contributed by atoms with Crippen LogP contribution in [-0.4, -0.2) is 30.4 Å². The summed E-state index contributed by atoms with van der Waals surface area (Å²) in [5, 5.41) is 0. The van der Waals surface area contributed by atoms with Crippen LogP contribution >= 0.6 is 0 Å². The summed E-state index contributed by atoms with van der Waals surface area (Å²) in [7, 11) is -1.53. The second-order valence-corrected chi connectivity index (χ2v) is 8.38. The predicted molar refractivity (Wildman–Crippen MR) is 82.1 cm³/mol. The third-order valence-corrected chi connectivity index (χ3v) is 7.01. The molecule has 6 heteroatoms. The molecule has 1 saturated carbocycles. The topological polar surface area (TPSA) is 68.3 Å². The lowest BCUT2D eigenvalue weighted by atomic mass is 9.76. The highest BCUT2D eigenvalue weighted by atomic mass is 32.2. The highest BCUT2D eigenvalue weighted by Crippen LogP contribution is 2.37. The summed E-state index contributed by atoms with van der Waals surface area (Å²) in [4.78, 5) is 0.389. The first-order chi connectivity index (χ1) is 10.0. The number of rotatable bonds is 3. The maximum atomic E-state index is 12.8. The third kappa shape index (κ3) is 2.76. The van der Waals surface area contributed by atoms with E-state index in [4.69, 9.17) is 5.73 Å². The molecule has 0 amide bonds. The molecule has 1 aliphatic carbocycles. The summed E-state index contributed by atoms with van der Waals surface area (Å²) in [6.45, 7) is 1.72. The van der Waals surface area contributed by atoms with Crippen molar-refractivity contribution in [1.29, 1.82) is 0 Å². The Labute approximate surface area is 127 Å². The fourth-order valence-electron chi connectivity index (χ4n) is 3.86. The molecule has 1 aromatic heterocycles. The van der Waals surface area contributed by atoms with Crippen LogP contribution in [0, 0.1) is 11.8 Å². The van der Waals surface area contributed by atoms with E-state index in [1.165, 1.54) is 25.7 Å². The number of nitrogens with two attached hydrogens (primary N) is 1. The standard InChI is InChI=1S/C15H25N3O2S/c1-17-11-15(8-14(17)9-16)21(19,20)18-7-6-12-4-2-3-5-13(12)10-18/h8,11-13H,2-7,9-10,16H2,1H3. The molecule has 2 atom stereocenters. The van der Waals surface area contributed by atoms with Gasteiger partial charge >= 0.3 is 0 Å². The minimum atomic E-state index is -3.37. The molecule has 0 radical (unpaired) electrons. The SMILES string of the molecule is Cn1cc(S(=O)(=O)N2CCC3CCCCC3C2)cc1CN. The van der Waals surface area contributed by atoms with Crippen molar-refractivity contribution in [3.63, 3.8) is 0 Å². The molecule has 2 heterocycles. The van der Waals surface area contributed by atoms with Gasteiger partial charge < -0.3 is 10.3 Å². The van der Waals surface area contributed by atoms with Gasteiger partial charge in [-0.1, -0.05) is 19.3 Å². The number of hydrogen-bond donors (Lipinski definition) is 1. The number of aryl methyl sites for hydroxylation is 1. The van der Waals surface area contributed by atoms with Crippen molar-refractivity contribution in [2.75, 3.05) is 13.1 Å². The first-order valence-corrected chi connectivity index (χ1v) is 9.32. The largest absolute Gasteiger partial charge is 0.352 e. The van der Waals surface area contributed by atoms with Gasteiger partial charge in [0.2, 0.25) is 10.0 Å². The summed E-state index contributed by atoms with van der Waals surface area (Å²) >= 11 is 0. The summed E-state index contributed by atoms with van der Waals surface area (Å²) in [6.07, 6.45) is 7.72. The predicted octanol–water partition coefficient (Wildman–Crippen LogP) is 1.68. The van der Waals surface area contributed by atoms with Gasteiger partial charge in [0.15, 0.2) is 0 Å². The molecule has 2 unspecified atom stereocenters. The number of piperidine rings is 1. The Kier molecular flexibility index (Phi) is 4.12. The van der Waals surface area contributed by atoms with Crippen molar-refractivity contribution < 1.29 is 8.42 Å². The Morgan fingerprint density at radius 2 is 1.95 bits per heavy atom. The fraction of sp³-hybridized carbons (Fsp3) is 0.733. The van der Waals surface area contributed by atoms with Crippen LogP contribution in [0.5, 0.6) is 0 Å². The Morgan fingerprint density at radius 1 is 1.24 bits per heavy atom. The summed E-state index contributed by atoms with van der Waals surface area (Å²) in [5.41, 5.74) is 6.49. The maximum Gasteiger partial charge on any atom is 0.244 e. The Balaban J connectivity index is 1.81. The van der Waals surface area contributed by atoms with Gasteiger partial charge in [-0.3, -0.25) is 0 Å². The van der Waals surface area contributed by atoms with Crippen LogP contribution in [0.4, 0.5) is 0 Å². The first-order valence-electron chi connectivity index (χ1n) is 7.88. The third-order valence-electron chi connectivity index (χ3n) is 5.18. The number of sulfonamides is 1. The van der Waals surface area contributed by atoms with Crippen LogP contribution in [0.3, 0.4) is 0 Å². The van der Waals surface area contributed by atoms with Gasteiger partial charge in [0.1, 0.15) is 4.90 Å². The van der Waals surface area contributed by atoms with Crippen molar-refractivity contribution in [2.45, 2.75) is 43.5 Å². The minimum absolute atomic E-state index is 0.358. The quantitative estimate of drug-likeness (QED) is 0.923. The summed E-state index contributed by atoms with van der Waals surface area (Å²) in [6, 6.07) is 1.71. The van der Waals surface area contributed by atoms with Gasteiger partial charge in [0, 0.05) is 38.6 Å². The summed E-state index contributed by atoms with van der Waals surface area (Å²) < 4.78 is 29.1. The molecule has 0 spiro atoms. The van der Waals surface area contributed by atoms with Crippen LogP contribution in [0.2, 0.25) is 0 Å². The average molecular weight is 311 g/mol. The number of fused-ring (bicyclic) bond motifs is 1. The van der Waals surface area contributed by atoms with Gasteiger partial charge in [-0.05, 0) is 30.7 Å². The normalized spacial score (nSPS) is 27.5. The number of aromatic nitrogens is 1. The minimum Gasteiger partial charge on any atom is -0.352 e. The maximum absolute atomic E-state index is 12.8. The average Bonchev–Trinajstić information content (AvgIpc) is 2.88. The Hall–Kier alpha value is -0.850. The summed E-state index contributed by atoms with van der Waals surface area (Å²) in [5.74, 6) is 1.29. The van der Waals surface area contributed by atoms with E-state index in [9.17, 15) is 8.42 Å². The molecular formula is C15H25N3O2S. The second kappa shape index (κ2) is 5.74. The lowest BCUT2D eigenvalue weighted by Gasteiger charge is -2.40. The Morgan fingerprint density at radius 3 is 2.62 bits per heavy atom. The zero-order chi connectivity index (χ0) is 15.0. The molecule has 1 aromatic rings. The highest BCUT2D eigenvalue weighted by molar-refractivity contribution is 7.89. The fourth-order valence-corrected chi connectivity index (χ4v) is 5.46. The molecular weight excluding hydrogens is 286 g/mol. The molecule has 0 bridgehead atoms. The lowest BCUT2D eigenvalue weighted by Crippen LogP contribution is -2.44. The van der Waals surface area contributed by atoms with Gasteiger partial charge in [-0.15, -0.1) is 0 Å². The van der Waals surface area contributed by atoms with E-state index in [-0.39, 0.29) is 0 Å². The number of nitrogens with zero attached hydrogens (tertiary/aromatic N) is 2. The first kappa shape index (κ1) is 15.1. The van der Waals surface area contributed by atoms with Crippen molar-refractivity contribution in [2.24, 2.45) is 24.6 Å². The lowest BCUT2D eigenvalue weighted by molar-refractivity contribution is 0.136. The van der Waals surface area contributed by atoms with E-state index < -0.39 is 10.0 Å². The van der Waals surface area contributed by atoms with Crippen molar-refractivity contribution in [1.82, 2.24) is 8.87 Å². The van der Waals surface area contributed by atoms with Gasteiger partial charge in [0.25, 0.3) is 0 Å². The zero-order valence-electron chi connectivity index (χ0n) is 12.7. The van der Waals surface area contributed by atoms with Crippen LogP contribution in [0.1, 0.15) is 37.8 Å². The molecule has 5 nitrogen and oxygen atoms in total. The van der Waals surface area contributed by atoms with E-state index in [1.807, 2.05) is 7.05 Å². The molecule has 1 aliphatic heterocycles. The van der Waals surface area contributed by atoms with Crippen LogP contribution in [0.15, 0.2) is 17.2 Å². The molecule has 2 N–H and O–H groups in total. The molecule has 2 fully saturated rings. The van der Waals surface area contributed by atoms with Crippen molar-refractivity contribution in [3.05, 3.63) is 18.0 Å². The van der Waals surface area contributed by atoms with Crippen molar-refractivity contribution in [3.8, 4) is 0 Å². The molecule has 2 aliphatic rings. The van der Waals surface area contributed by atoms with Crippen LogP contribution in [-0.2, 0) is 23.6 Å². The smallest absolute Gasteiger partial charge is 0.244 e. The van der Waals surface area contributed by atoms with Crippen molar-refractivity contribution >= 4 is 10.0 Å². The highest BCUT2D eigenvalue weighted by Gasteiger charge is 2.36. The number of hydrogen-bond acceptors (Lipinski definition) is 3. The molecule has 1 saturated heterocycles. The van der Waals surface area contributed by atoms with Gasteiger partial charge in [0.05, 0.1) is 0 Å². The molecule has 3 rings (SSSR count). The van der Waals surface area contributed by atoms with Gasteiger partial charge in [-0.25, -0.2) is 8.42 Å². The van der Waals surface area contributed by atoms with Gasteiger partial charge in [-0.2, -0.15) is 4.31 Å². The van der Waals surface area contributed by atoms with Crippen LogP contribution < -0.4 is 5.73 Å². The second-order valence-electron chi connectivity index (χ2n) is 6.44. The van der Waals surface area contributed by atoms with E-state index in [1.54, 1.807) is 21.1 Å². The van der Waals surface area contributed by atoms with E-state index in [0.717, 1.165) is 18.0 Å². The molecule has 118 valence electrons. The molecule has 0 aromatic carbocycles. The molecule has 21 heavy (non-hydrogen) atoms. The van der Waals surface area contributed by atoms with E-state index in [2.05, 4.69) is 0 Å².